The molecule has 3 heteroatoms. The molecule has 80 valence electrons. The predicted octanol–water partition coefficient (Wildman–Crippen LogP) is 2.06. The Hall–Kier alpha value is -0.830. The van der Waals surface area contributed by atoms with Crippen LogP contribution in [0.15, 0.2) is 11.6 Å². The molecule has 0 amide bonds. The summed E-state index contributed by atoms with van der Waals surface area (Å²) in [6.45, 7) is 6.35. The van der Waals surface area contributed by atoms with Crippen LogP contribution in [-0.4, -0.2) is 24.8 Å². The zero-order valence-corrected chi connectivity index (χ0v) is 9.08. The highest BCUT2D eigenvalue weighted by Gasteiger charge is 2.33. The standard InChI is InChI=1S/C11H18O3/c1-4-6-8(3)11(12)14-10-7-13-9(10)5-2/h6,9-10H,4-5,7H2,1-3H3. The number of carbonyl (C=O) groups is 1. The Labute approximate surface area is 85.1 Å². The number of ether oxygens (including phenoxy) is 2. The average Bonchev–Trinajstić information content (AvgIpc) is 2.13. The molecule has 0 N–H and O–H groups in total. The molecule has 2 unspecified atom stereocenters. The highest BCUT2D eigenvalue weighted by atomic mass is 16.6. The SMILES string of the molecule is CCC=C(C)C(=O)OC1COC1CC. The van der Waals surface area contributed by atoms with Crippen LogP contribution >= 0.6 is 0 Å². The molecule has 0 bridgehead atoms. The summed E-state index contributed by atoms with van der Waals surface area (Å²) in [5, 5.41) is 0. The highest BCUT2D eigenvalue weighted by molar-refractivity contribution is 5.87. The molecule has 14 heavy (non-hydrogen) atoms. The first-order valence-corrected chi connectivity index (χ1v) is 5.18. The second-order valence-electron chi connectivity index (χ2n) is 3.52. The Balaban J connectivity index is 2.37. The van der Waals surface area contributed by atoms with Gasteiger partial charge >= 0.3 is 5.97 Å². The van der Waals surface area contributed by atoms with Gasteiger partial charge in [0.15, 0.2) is 6.10 Å². The number of hydrogen-bond acceptors (Lipinski definition) is 3. The maximum atomic E-state index is 11.5. The van der Waals surface area contributed by atoms with Gasteiger partial charge in [-0.25, -0.2) is 4.79 Å². The van der Waals surface area contributed by atoms with Crippen molar-refractivity contribution in [3.8, 4) is 0 Å². The minimum Gasteiger partial charge on any atom is -0.454 e. The van der Waals surface area contributed by atoms with Gasteiger partial charge in [0.2, 0.25) is 0 Å². The summed E-state index contributed by atoms with van der Waals surface area (Å²) in [7, 11) is 0. The molecule has 0 radical (unpaired) electrons. The van der Waals surface area contributed by atoms with E-state index in [2.05, 4.69) is 0 Å². The Morgan fingerprint density at radius 2 is 2.29 bits per heavy atom. The summed E-state index contributed by atoms with van der Waals surface area (Å²) >= 11 is 0. The van der Waals surface area contributed by atoms with E-state index < -0.39 is 0 Å². The lowest BCUT2D eigenvalue weighted by Crippen LogP contribution is -2.47. The number of hydrogen-bond donors (Lipinski definition) is 0. The van der Waals surface area contributed by atoms with Crippen molar-refractivity contribution in [2.75, 3.05) is 6.61 Å². The molecule has 1 rings (SSSR count). The van der Waals surface area contributed by atoms with Crippen molar-refractivity contribution in [1.29, 1.82) is 0 Å². The van der Waals surface area contributed by atoms with Gasteiger partial charge in [0.1, 0.15) is 0 Å². The van der Waals surface area contributed by atoms with E-state index in [0.717, 1.165) is 12.8 Å². The van der Waals surface area contributed by atoms with Gasteiger partial charge < -0.3 is 9.47 Å². The van der Waals surface area contributed by atoms with Crippen LogP contribution in [0.3, 0.4) is 0 Å². The molecule has 0 saturated carbocycles. The van der Waals surface area contributed by atoms with E-state index in [1.165, 1.54) is 0 Å². The van der Waals surface area contributed by atoms with E-state index in [0.29, 0.717) is 12.2 Å². The molecular formula is C11H18O3. The first-order chi connectivity index (χ1) is 6.69. The fourth-order valence-corrected chi connectivity index (χ4v) is 1.42. The van der Waals surface area contributed by atoms with Crippen molar-refractivity contribution in [2.24, 2.45) is 0 Å². The van der Waals surface area contributed by atoms with Gasteiger partial charge in [-0.1, -0.05) is 19.9 Å². The largest absolute Gasteiger partial charge is 0.454 e. The monoisotopic (exact) mass is 198 g/mol. The lowest BCUT2D eigenvalue weighted by Gasteiger charge is -2.35. The lowest BCUT2D eigenvalue weighted by atomic mass is 10.1. The van der Waals surface area contributed by atoms with E-state index in [-0.39, 0.29) is 18.2 Å². The van der Waals surface area contributed by atoms with E-state index >= 15 is 0 Å². The molecule has 0 spiro atoms. The predicted molar refractivity (Wildman–Crippen MR) is 54.0 cm³/mol. The molecule has 1 fully saturated rings. The van der Waals surface area contributed by atoms with E-state index in [1.54, 1.807) is 6.92 Å². The van der Waals surface area contributed by atoms with Crippen LogP contribution in [0.4, 0.5) is 0 Å². The third-order valence-electron chi connectivity index (χ3n) is 2.38. The van der Waals surface area contributed by atoms with Crippen molar-refractivity contribution in [3.05, 3.63) is 11.6 Å². The molecule has 2 atom stereocenters. The second kappa shape index (κ2) is 5.15. The van der Waals surface area contributed by atoms with Gasteiger partial charge in [-0.2, -0.15) is 0 Å². The number of esters is 1. The van der Waals surface area contributed by atoms with Gasteiger partial charge in [-0.15, -0.1) is 0 Å². The zero-order valence-electron chi connectivity index (χ0n) is 9.08. The number of rotatable bonds is 4. The molecule has 0 aromatic carbocycles. The maximum Gasteiger partial charge on any atom is 0.333 e. The number of carbonyl (C=O) groups excluding carboxylic acids is 1. The molecule has 1 aliphatic heterocycles. The Morgan fingerprint density at radius 1 is 1.57 bits per heavy atom. The average molecular weight is 198 g/mol. The molecule has 1 saturated heterocycles. The summed E-state index contributed by atoms with van der Waals surface area (Å²) in [4.78, 5) is 11.5. The van der Waals surface area contributed by atoms with Crippen LogP contribution in [0.25, 0.3) is 0 Å². The van der Waals surface area contributed by atoms with Gasteiger partial charge in [-0.3, -0.25) is 0 Å². The van der Waals surface area contributed by atoms with Crippen molar-refractivity contribution < 1.29 is 14.3 Å². The topological polar surface area (TPSA) is 35.5 Å². The molecule has 1 heterocycles. The quantitative estimate of drug-likeness (QED) is 0.512. The molecule has 0 aromatic rings. The van der Waals surface area contributed by atoms with Crippen molar-refractivity contribution in [2.45, 2.75) is 45.8 Å². The van der Waals surface area contributed by atoms with Gasteiger partial charge in [0.25, 0.3) is 0 Å². The Morgan fingerprint density at radius 3 is 2.71 bits per heavy atom. The normalized spacial score (nSPS) is 26.9. The second-order valence-corrected chi connectivity index (χ2v) is 3.52. The summed E-state index contributed by atoms with van der Waals surface area (Å²) in [6, 6.07) is 0. The van der Waals surface area contributed by atoms with Crippen molar-refractivity contribution in [1.82, 2.24) is 0 Å². The molecule has 3 nitrogen and oxygen atoms in total. The van der Waals surface area contributed by atoms with Crippen LogP contribution in [0, 0.1) is 0 Å². The molecular weight excluding hydrogens is 180 g/mol. The van der Waals surface area contributed by atoms with Gasteiger partial charge in [0.05, 0.1) is 12.7 Å². The maximum absolute atomic E-state index is 11.5. The van der Waals surface area contributed by atoms with Crippen LogP contribution < -0.4 is 0 Å². The first kappa shape index (κ1) is 11.2. The lowest BCUT2D eigenvalue weighted by molar-refractivity contribution is -0.195. The molecule has 1 aliphatic rings. The van der Waals surface area contributed by atoms with Crippen molar-refractivity contribution >= 4 is 5.97 Å². The summed E-state index contributed by atoms with van der Waals surface area (Å²) in [5.41, 5.74) is 0.689. The molecule has 0 aliphatic carbocycles. The van der Waals surface area contributed by atoms with Crippen LogP contribution in [-0.2, 0) is 14.3 Å². The Bertz CT molecular complexity index is 231. The van der Waals surface area contributed by atoms with E-state index in [1.807, 2.05) is 19.9 Å². The Kier molecular flexibility index (Phi) is 4.14. The fourth-order valence-electron chi connectivity index (χ4n) is 1.42. The zero-order chi connectivity index (χ0) is 10.6. The fraction of sp³-hybridized carbons (Fsp3) is 0.727. The number of allylic oxidation sites excluding steroid dienone is 1. The summed E-state index contributed by atoms with van der Waals surface area (Å²) in [5.74, 6) is -0.210. The van der Waals surface area contributed by atoms with Crippen molar-refractivity contribution in [3.63, 3.8) is 0 Å². The highest BCUT2D eigenvalue weighted by Crippen LogP contribution is 2.20. The van der Waals surface area contributed by atoms with Crippen LogP contribution in [0.1, 0.15) is 33.6 Å². The first-order valence-electron chi connectivity index (χ1n) is 5.18. The van der Waals surface area contributed by atoms with E-state index in [4.69, 9.17) is 9.47 Å². The third-order valence-corrected chi connectivity index (χ3v) is 2.38. The summed E-state index contributed by atoms with van der Waals surface area (Å²) < 4.78 is 10.5. The van der Waals surface area contributed by atoms with Crippen LogP contribution in [0.2, 0.25) is 0 Å². The van der Waals surface area contributed by atoms with Gasteiger partial charge in [0, 0.05) is 5.57 Å². The smallest absolute Gasteiger partial charge is 0.333 e. The summed E-state index contributed by atoms with van der Waals surface area (Å²) in [6.07, 6.45) is 3.71. The molecule has 0 aromatic heterocycles. The third kappa shape index (κ3) is 2.58. The van der Waals surface area contributed by atoms with Crippen LogP contribution in [0.5, 0.6) is 0 Å². The minimum atomic E-state index is -0.210. The van der Waals surface area contributed by atoms with Gasteiger partial charge in [-0.05, 0) is 19.8 Å². The minimum absolute atomic E-state index is 0.0345. The van der Waals surface area contributed by atoms with E-state index in [9.17, 15) is 4.79 Å².